The third-order valence-electron chi connectivity index (χ3n) is 4.38. The average molecular weight is 240 g/mol. The first-order valence-corrected chi connectivity index (χ1v) is 6.79. The van der Waals surface area contributed by atoms with Crippen LogP contribution >= 0.6 is 0 Å². The maximum atomic E-state index is 12.4. The highest BCUT2D eigenvalue weighted by molar-refractivity contribution is 5.80. The van der Waals surface area contributed by atoms with Gasteiger partial charge in [-0.3, -0.25) is 4.79 Å². The lowest BCUT2D eigenvalue weighted by Gasteiger charge is -2.37. The van der Waals surface area contributed by atoms with Crippen molar-refractivity contribution in [1.29, 1.82) is 0 Å². The number of hydrogen-bond acceptors (Lipinski definition) is 3. The zero-order valence-corrected chi connectivity index (χ0v) is 10.9. The first-order valence-electron chi connectivity index (χ1n) is 6.79. The largest absolute Gasteiger partial charge is 0.391 e. The van der Waals surface area contributed by atoms with Gasteiger partial charge >= 0.3 is 0 Å². The van der Waals surface area contributed by atoms with Crippen LogP contribution in [0.1, 0.15) is 39.0 Å². The van der Waals surface area contributed by atoms with Crippen LogP contribution in [-0.4, -0.2) is 47.7 Å². The van der Waals surface area contributed by atoms with Crippen LogP contribution in [0.15, 0.2) is 0 Å². The van der Waals surface area contributed by atoms with E-state index in [4.69, 9.17) is 0 Å². The Balaban J connectivity index is 1.98. The molecule has 2 rings (SSSR count). The van der Waals surface area contributed by atoms with Crippen molar-refractivity contribution < 1.29 is 9.90 Å². The molecule has 4 atom stereocenters. The summed E-state index contributed by atoms with van der Waals surface area (Å²) in [6.45, 7) is 3.00. The van der Waals surface area contributed by atoms with E-state index in [2.05, 4.69) is 12.2 Å². The van der Waals surface area contributed by atoms with Crippen molar-refractivity contribution in [3.63, 3.8) is 0 Å². The highest BCUT2D eigenvalue weighted by atomic mass is 16.3. The molecule has 0 aromatic rings. The summed E-state index contributed by atoms with van der Waals surface area (Å²) in [5.41, 5.74) is 0. The molecule has 4 heteroatoms. The highest BCUT2D eigenvalue weighted by Crippen LogP contribution is 2.25. The van der Waals surface area contributed by atoms with Gasteiger partial charge in [-0.25, -0.2) is 0 Å². The molecular weight excluding hydrogens is 216 g/mol. The Hall–Kier alpha value is -0.610. The van der Waals surface area contributed by atoms with Gasteiger partial charge in [-0.2, -0.15) is 0 Å². The first-order chi connectivity index (χ1) is 8.11. The predicted molar refractivity (Wildman–Crippen MR) is 66.6 cm³/mol. The van der Waals surface area contributed by atoms with Gasteiger partial charge in [-0.05, 0) is 32.7 Å². The van der Waals surface area contributed by atoms with E-state index in [1.807, 2.05) is 7.05 Å². The number of nitrogens with zero attached hydrogens (tertiary/aromatic N) is 1. The van der Waals surface area contributed by atoms with Crippen LogP contribution < -0.4 is 5.32 Å². The van der Waals surface area contributed by atoms with Gasteiger partial charge in [0.05, 0.1) is 18.1 Å². The van der Waals surface area contributed by atoms with Gasteiger partial charge in [0.25, 0.3) is 0 Å². The fraction of sp³-hybridized carbons (Fsp3) is 0.923. The maximum Gasteiger partial charge on any atom is 0.227 e. The Morgan fingerprint density at radius 2 is 2.00 bits per heavy atom. The number of hydrogen-bond donors (Lipinski definition) is 2. The van der Waals surface area contributed by atoms with Gasteiger partial charge in [-0.15, -0.1) is 0 Å². The lowest BCUT2D eigenvalue weighted by molar-refractivity contribution is -0.139. The highest BCUT2D eigenvalue weighted by Gasteiger charge is 2.36. The molecule has 0 radical (unpaired) electrons. The summed E-state index contributed by atoms with van der Waals surface area (Å²) in [4.78, 5) is 14.2. The van der Waals surface area contributed by atoms with Gasteiger partial charge in [0.15, 0.2) is 0 Å². The molecule has 2 aliphatic rings. The van der Waals surface area contributed by atoms with Crippen LogP contribution in [0.4, 0.5) is 0 Å². The van der Waals surface area contributed by atoms with Gasteiger partial charge < -0.3 is 15.3 Å². The first kappa shape index (κ1) is 12.8. The van der Waals surface area contributed by atoms with Crippen molar-refractivity contribution >= 4 is 5.91 Å². The van der Waals surface area contributed by atoms with E-state index in [0.29, 0.717) is 0 Å². The van der Waals surface area contributed by atoms with Gasteiger partial charge in [0.2, 0.25) is 5.91 Å². The molecule has 2 fully saturated rings. The fourth-order valence-corrected chi connectivity index (χ4v) is 3.16. The summed E-state index contributed by atoms with van der Waals surface area (Å²) < 4.78 is 0. The van der Waals surface area contributed by atoms with Crippen LogP contribution in [0.5, 0.6) is 0 Å². The van der Waals surface area contributed by atoms with Crippen molar-refractivity contribution in [3.8, 4) is 0 Å². The molecule has 1 saturated carbocycles. The quantitative estimate of drug-likeness (QED) is 0.749. The minimum Gasteiger partial charge on any atom is -0.391 e. The molecule has 0 bridgehead atoms. The van der Waals surface area contributed by atoms with Crippen molar-refractivity contribution in [2.75, 3.05) is 13.6 Å². The molecule has 1 amide bonds. The molecule has 0 aromatic carbocycles. The molecule has 2 N–H and O–H groups in total. The van der Waals surface area contributed by atoms with Crippen molar-refractivity contribution in [2.24, 2.45) is 5.92 Å². The number of aliphatic hydroxyl groups excluding tert-OH is 1. The molecule has 1 saturated heterocycles. The summed E-state index contributed by atoms with van der Waals surface area (Å²) in [5.74, 6) is 0.294. The Labute approximate surface area is 103 Å². The monoisotopic (exact) mass is 240 g/mol. The van der Waals surface area contributed by atoms with Crippen LogP contribution in [-0.2, 0) is 4.79 Å². The van der Waals surface area contributed by atoms with Crippen molar-refractivity contribution in [2.45, 2.75) is 57.2 Å². The summed E-state index contributed by atoms with van der Waals surface area (Å²) >= 11 is 0. The van der Waals surface area contributed by atoms with Crippen molar-refractivity contribution in [3.05, 3.63) is 0 Å². The standard InChI is InChI=1S/C13H24N2O2/c1-9-10(7-8-14-9)13(17)15(2)11-5-3-4-6-12(11)16/h9-12,14,16H,3-8H2,1-2H3. The van der Waals surface area contributed by atoms with Crippen LogP contribution in [0.2, 0.25) is 0 Å². The fourth-order valence-electron chi connectivity index (χ4n) is 3.16. The lowest BCUT2D eigenvalue weighted by atomic mass is 9.90. The zero-order valence-electron chi connectivity index (χ0n) is 10.9. The molecule has 4 nitrogen and oxygen atoms in total. The van der Waals surface area contributed by atoms with Gasteiger partial charge in [0, 0.05) is 13.1 Å². The zero-order chi connectivity index (χ0) is 12.4. The number of rotatable bonds is 2. The summed E-state index contributed by atoms with van der Waals surface area (Å²) in [6.07, 6.45) is 4.58. The van der Waals surface area contributed by atoms with E-state index in [9.17, 15) is 9.90 Å². The molecule has 1 aliphatic heterocycles. The van der Waals surface area contributed by atoms with E-state index >= 15 is 0 Å². The molecule has 0 spiro atoms. The predicted octanol–water partition coefficient (Wildman–Crippen LogP) is 0.746. The number of amides is 1. The second-order valence-corrected chi connectivity index (χ2v) is 5.51. The Morgan fingerprint density at radius 1 is 1.29 bits per heavy atom. The summed E-state index contributed by atoms with van der Waals surface area (Å²) in [7, 11) is 1.85. The minimum atomic E-state index is -0.331. The molecular formula is C13H24N2O2. The molecule has 0 aromatic heterocycles. The summed E-state index contributed by atoms with van der Waals surface area (Å²) in [6, 6.07) is 0.301. The van der Waals surface area contributed by atoms with Crippen LogP contribution in [0.25, 0.3) is 0 Å². The molecule has 4 unspecified atom stereocenters. The third kappa shape index (κ3) is 2.63. The van der Waals surface area contributed by atoms with E-state index in [0.717, 1.165) is 38.6 Å². The molecule has 1 aliphatic carbocycles. The maximum absolute atomic E-state index is 12.4. The van der Waals surface area contributed by atoms with Crippen molar-refractivity contribution in [1.82, 2.24) is 10.2 Å². The van der Waals surface area contributed by atoms with Crippen LogP contribution in [0.3, 0.4) is 0 Å². The third-order valence-corrected chi connectivity index (χ3v) is 4.38. The normalized spacial score (nSPS) is 38.1. The number of carbonyl (C=O) groups is 1. The number of carbonyl (C=O) groups excluding carboxylic acids is 1. The van der Waals surface area contributed by atoms with E-state index < -0.39 is 0 Å². The Morgan fingerprint density at radius 3 is 2.59 bits per heavy atom. The Bertz CT molecular complexity index is 283. The number of aliphatic hydroxyl groups is 1. The van der Waals surface area contributed by atoms with Gasteiger partial charge in [-0.1, -0.05) is 12.8 Å². The molecule has 17 heavy (non-hydrogen) atoms. The molecule has 1 heterocycles. The smallest absolute Gasteiger partial charge is 0.227 e. The Kier molecular flexibility index (Phi) is 4.05. The minimum absolute atomic E-state index is 0.0315. The second kappa shape index (κ2) is 5.36. The van der Waals surface area contributed by atoms with Crippen LogP contribution in [0, 0.1) is 5.92 Å². The topological polar surface area (TPSA) is 52.6 Å². The van der Waals surface area contributed by atoms with E-state index in [-0.39, 0.29) is 30.0 Å². The average Bonchev–Trinajstić information content (AvgIpc) is 2.74. The van der Waals surface area contributed by atoms with Gasteiger partial charge in [0.1, 0.15) is 0 Å². The van der Waals surface area contributed by atoms with E-state index in [1.54, 1.807) is 4.90 Å². The number of likely N-dealkylation sites (N-methyl/N-ethyl adjacent to an activating group) is 1. The molecule has 98 valence electrons. The lowest BCUT2D eigenvalue weighted by Crippen LogP contribution is -2.49. The number of nitrogens with one attached hydrogen (secondary N) is 1. The summed E-state index contributed by atoms with van der Waals surface area (Å²) in [5, 5.41) is 13.3. The SMILES string of the molecule is CC1NCCC1C(=O)N(C)C1CCCCC1O. The second-order valence-electron chi connectivity index (χ2n) is 5.51. The van der Waals surface area contributed by atoms with E-state index in [1.165, 1.54) is 0 Å².